The molecule has 0 aromatic heterocycles. The van der Waals surface area contributed by atoms with Crippen LogP contribution in [0.2, 0.25) is 0 Å². The first kappa shape index (κ1) is 19.2. The lowest BCUT2D eigenvalue weighted by atomic mass is 9.85. The average molecular weight is 318 g/mol. The van der Waals surface area contributed by atoms with Crippen molar-refractivity contribution in [1.82, 2.24) is 5.32 Å². The summed E-state index contributed by atoms with van der Waals surface area (Å²) >= 11 is 0. The molecule has 0 aliphatic heterocycles. The maximum absolute atomic E-state index is 12.1. The Morgan fingerprint density at radius 1 is 1.17 bits per heavy atom. The van der Waals surface area contributed by atoms with Gasteiger partial charge in [0.2, 0.25) is 11.8 Å². The van der Waals surface area contributed by atoms with Gasteiger partial charge in [0.1, 0.15) is 0 Å². The predicted octanol–water partition coefficient (Wildman–Crippen LogP) is 3.50. The topological polar surface area (TPSA) is 49.4 Å². The number of rotatable bonds is 6. The molecular formula is C19H30N2O2. The van der Waals surface area contributed by atoms with Gasteiger partial charge in [0, 0.05) is 32.1 Å². The van der Waals surface area contributed by atoms with Crippen molar-refractivity contribution < 1.29 is 9.59 Å². The molecule has 0 radical (unpaired) electrons. The summed E-state index contributed by atoms with van der Waals surface area (Å²) in [7, 11) is 0. The third kappa shape index (κ3) is 6.05. The Morgan fingerprint density at radius 3 is 2.30 bits per heavy atom. The van der Waals surface area contributed by atoms with E-state index in [1.807, 2.05) is 32.0 Å². The van der Waals surface area contributed by atoms with Gasteiger partial charge in [-0.2, -0.15) is 0 Å². The Hall–Kier alpha value is -1.84. The van der Waals surface area contributed by atoms with E-state index in [0.29, 0.717) is 25.4 Å². The summed E-state index contributed by atoms with van der Waals surface area (Å²) in [4.78, 5) is 25.6. The van der Waals surface area contributed by atoms with Crippen LogP contribution in [-0.2, 0) is 15.0 Å². The molecule has 0 atom stereocenters. The molecule has 128 valence electrons. The van der Waals surface area contributed by atoms with E-state index >= 15 is 0 Å². The molecule has 1 rings (SSSR count). The Labute approximate surface area is 140 Å². The minimum absolute atomic E-state index is 0.0141. The molecule has 1 aromatic rings. The molecule has 4 heteroatoms. The SMILES string of the molecule is CC(=O)N(CCNC(=O)CC(C)C)c1ccccc1C(C)(C)C. The van der Waals surface area contributed by atoms with Crippen molar-refractivity contribution in [2.75, 3.05) is 18.0 Å². The second-order valence-electron chi connectivity index (χ2n) is 7.39. The molecular weight excluding hydrogens is 288 g/mol. The molecule has 0 saturated heterocycles. The van der Waals surface area contributed by atoms with Crippen molar-refractivity contribution in [3.63, 3.8) is 0 Å². The number of hydrogen-bond acceptors (Lipinski definition) is 2. The highest BCUT2D eigenvalue weighted by atomic mass is 16.2. The smallest absolute Gasteiger partial charge is 0.223 e. The fraction of sp³-hybridized carbons (Fsp3) is 0.579. The first-order chi connectivity index (χ1) is 10.6. The number of benzene rings is 1. The molecule has 0 unspecified atom stereocenters. The summed E-state index contributed by atoms with van der Waals surface area (Å²) in [5, 5.41) is 2.89. The molecule has 0 fully saturated rings. The summed E-state index contributed by atoms with van der Waals surface area (Å²) in [6.45, 7) is 12.9. The largest absolute Gasteiger partial charge is 0.354 e. The zero-order valence-electron chi connectivity index (χ0n) is 15.3. The van der Waals surface area contributed by atoms with Gasteiger partial charge in [0.15, 0.2) is 0 Å². The highest BCUT2D eigenvalue weighted by molar-refractivity contribution is 5.92. The van der Waals surface area contributed by atoms with Crippen LogP contribution in [0.15, 0.2) is 24.3 Å². The fourth-order valence-corrected chi connectivity index (χ4v) is 2.54. The van der Waals surface area contributed by atoms with Gasteiger partial charge in [-0.05, 0) is 23.0 Å². The second kappa shape index (κ2) is 8.14. The molecule has 0 saturated carbocycles. The maximum Gasteiger partial charge on any atom is 0.223 e. The number of nitrogens with one attached hydrogen (secondary N) is 1. The lowest BCUT2D eigenvalue weighted by Crippen LogP contribution is -2.38. The number of amides is 2. The molecule has 0 aliphatic carbocycles. The van der Waals surface area contributed by atoms with Crippen LogP contribution in [0.4, 0.5) is 5.69 Å². The standard InChI is InChI=1S/C19H30N2O2/c1-14(2)13-18(23)20-11-12-21(15(3)22)17-10-8-7-9-16(17)19(4,5)6/h7-10,14H,11-13H2,1-6H3,(H,20,23). The van der Waals surface area contributed by atoms with E-state index < -0.39 is 0 Å². The Bertz CT molecular complexity index is 545. The van der Waals surface area contributed by atoms with Crippen molar-refractivity contribution in [3.8, 4) is 0 Å². The highest BCUT2D eigenvalue weighted by Gasteiger charge is 2.22. The van der Waals surface area contributed by atoms with Crippen LogP contribution >= 0.6 is 0 Å². The van der Waals surface area contributed by atoms with Crippen LogP contribution < -0.4 is 10.2 Å². The summed E-state index contributed by atoms with van der Waals surface area (Å²) < 4.78 is 0. The monoisotopic (exact) mass is 318 g/mol. The number of hydrogen-bond donors (Lipinski definition) is 1. The van der Waals surface area contributed by atoms with Crippen LogP contribution in [0.3, 0.4) is 0 Å². The van der Waals surface area contributed by atoms with Crippen molar-refractivity contribution in [1.29, 1.82) is 0 Å². The second-order valence-corrected chi connectivity index (χ2v) is 7.39. The number of para-hydroxylation sites is 1. The Morgan fingerprint density at radius 2 is 1.78 bits per heavy atom. The summed E-state index contributed by atoms with van der Waals surface area (Å²) in [6.07, 6.45) is 0.513. The molecule has 1 N–H and O–H groups in total. The summed E-state index contributed by atoms with van der Waals surface area (Å²) in [5.41, 5.74) is 2.00. The average Bonchev–Trinajstić information content (AvgIpc) is 2.41. The predicted molar refractivity (Wildman–Crippen MR) is 95.6 cm³/mol. The van der Waals surface area contributed by atoms with Crippen molar-refractivity contribution in [3.05, 3.63) is 29.8 Å². The first-order valence-electron chi connectivity index (χ1n) is 8.27. The zero-order valence-corrected chi connectivity index (χ0v) is 15.3. The van der Waals surface area contributed by atoms with Gasteiger partial charge in [-0.15, -0.1) is 0 Å². The van der Waals surface area contributed by atoms with Crippen molar-refractivity contribution >= 4 is 17.5 Å². The van der Waals surface area contributed by atoms with Crippen LogP contribution in [0.1, 0.15) is 53.5 Å². The van der Waals surface area contributed by atoms with Crippen LogP contribution in [0.25, 0.3) is 0 Å². The Kier molecular flexibility index (Phi) is 6.79. The van der Waals surface area contributed by atoms with Gasteiger partial charge in [0.05, 0.1) is 0 Å². The maximum atomic E-state index is 12.1. The quantitative estimate of drug-likeness (QED) is 0.872. The number of carbonyl (C=O) groups is 2. The molecule has 4 nitrogen and oxygen atoms in total. The molecule has 23 heavy (non-hydrogen) atoms. The molecule has 0 heterocycles. The van der Waals surface area contributed by atoms with Crippen LogP contribution in [-0.4, -0.2) is 24.9 Å². The highest BCUT2D eigenvalue weighted by Crippen LogP contribution is 2.31. The lowest BCUT2D eigenvalue weighted by Gasteiger charge is -2.29. The summed E-state index contributed by atoms with van der Waals surface area (Å²) in [5.74, 6) is 0.355. The van der Waals surface area contributed by atoms with Crippen LogP contribution in [0, 0.1) is 5.92 Å². The van der Waals surface area contributed by atoms with E-state index in [-0.39, 0.29) is 17.2 Å². The Balaban J connectivity index is 2.85. The van der Waals surface area contributed by atoms with Crippen molar-refractivity contribution in [2.24, 2.45) is 5.92 Å². The van der Waals surface area contributed by atoms with E-state index in [4.69, 9.17) is 0 Å². The van der Waals surface area contributed by atoms with E-state index in [9.17, 15) is 9.59 Å². The molecule has 2 amide bonds. The van der Waals surface area contributed by atoms with Crippen molar-refractivity contribution in [2.45, 2.75) is 53.4 Å². The number of anilines is 1. The van der Waals surface area contributed by atoms with Gasteiger partial charge in [-0.25, -0.2) is 0 Å². The third-order valence-electron chi connectivity index (χ3n) is 3.63. The van der Waals surface area contributed by atoms with Gasteiger partial charge < -0.3 is 10.2 Å². The molecule has 1 aromatic carbocycles. The van der Waals surface area contributed by atoms with E-state index in [2.05, 4.69) is 32.2 Å². The van der Waals surface area contributed by atoms with Gasteiger partial charge >= 0.3 is 0 Å². The van der Waals surface area contributed by atoms with Gasteiger partial charge in [0.25, 0.3) is 0 Å². The zero-order chi connectivity index (χ0) is 17.6. The molecule has 0 aliphatic rings. The first-order valence-corrected chi connectivity index (χ1v) is 8.27. The minimum Gasteiger partial charge on any atom is -0.354 e. The fourth-order valence-electron chi connectivity index (χ4n) is 2.54. The normalized spacial score (nSPS) is 11.4. The van der Waals surface area contributed by atoms with E-state index in [1.54, 1.807) is 11.8 Å². The van der Waals surface area contributed by atoms with Gasteiger partial charge in [-0.1, -0.05) is 52.8 Å². The summed E-state index contributed by atoms with van der Waals surface area (Å²) in [6, 6.07) is 7.96. The molecule has 0 spiro atoms. The van der Waals surface area contributed by atoms with E-state index in [0.717, 1.165) is 11.3 Å². The number of carbonyl (C=O) groups excluding carboxylic acids is 2. The van der Waals surface area contributed by atoms with Gasteiger partial charge in [-0.3, -0.25) is 9.59 Å². The number of nitrogens with zero attached hydrogens (tertiary/aromatic N) is 1. The van der Waals surface area contributed by atoms with E-state index in [1.165, 1.54) is 0 Å². The lowest BCUT2D eigenvalue weighted by molar-refractivity contribution is -0.122. The van der Waals surface area contributed by atoms with Crippen LogP contribution in [0.5, 0.6) is 0 Å². The minimum atomic E-state index is -0.0504. The molecule has 0 bridgehead atoms. The third-order valence-corrected chi connectivity index (χ3v) is 3.63.